The molecule has 28 heavy (non-hydrogen) atoms. The van der Waals surface area contributed by atoms with Crippen LogP contribution in [0.2, 0.25) is 0 Å². The first-order valence-electron chi connectivity index (χ1n) is 9.61. The lowest BCUT2D eigenvalue weighted by atomic mass is 10.1. The van der Waals surface area contributed by atoms with Crippen molar-refractivity contribution in [1.29, 1.82) is 0 Å². The maximum Gasteiger partial charge on any atom is 0.253 e. The second kappa shape index (κ2) is 7.92. The number of likely N-dealkylation sites (tertiary alicyclic amines) is 1. The van der Waals surface area contributed by atoms with E-state index in [0.29, 0.717) is 38.3 Å². The Kier molecular flexibility index (Phi) is 5.19. The van der Waals surface area contributed by atoms with Gasteiger partial charge in [0.2, 0.25) is 5.91 Å². The number of fused-ring (bicyclic) bond motifs is 1. The summed E-state index contributed by atoms with van der Waals surface area (Å²) >= 11 is 0. The monoisotopic (exact) mass is 380 g/mol. The quantitative estimate of drug-likeness (QED) is 0.800. The van der Waals surface area contributed by atoms with Crippen molar-refractivity contribution in [3.8, 4) is 11.5 Å². The van der Waals surface area contributed by atoms with Crippen LogP contribution in [0.1, 0.15) is 34.3 Å². The van der Waals surface area contributed by atoms with E-state index in [1.165, 1.54) is 0 Å². The zero-order valence-electron chi connectivity index (χ0n) is 16.0. The highest BCUT2D eigenvalue weighted by molar-refractivity contribution is 5.94. The highest BCUT2D eigenvalue weighted by Crippen LogP contribution is 2.31. The van der Waals surface area contributed by atoms with Gasteiger partial charge in [-0.3, -0.25) is 9.59 Å². The second-order valence-corrected chi connectivity index (χ2v) is 7.25. The first-order chi connectivity index (χ1) is 13.6. The van der Waals surface area contributed by atoms with Crippen LogP contribution in [0.15, 0.2) is 42.5 Å². The van der Waals surface area contributed by atoms with Gasteiger partial charge in [-0.05, 0) is 41.8 Å². The minimum atomic E-state index is -0.0429. The van der Waals surface area contributed by atoms with Gasteiger partial charge in [-0.2, -0.15) is 0 Å². The third-order valence-corrected chi connectivity index (χ3v) is 5.12. The van der Waals surface area contributed by atoms with E-state index < -0.39 is 0 Å². The molecule has 2 aliphatic rings. The Bertz CT molecular complexity index is 879. The largest absolute Gasteiger partial charge is 0.486 e. The molecule has 0 bridgehead atoms. The molecule has 0 saturated carbocycles. The summed E-state index contributed by atoms with van der Waals surface area (Å²) in [5, 5.41) is 0. The number of hydrogen-bond acceptors (Lipinski definition) is 4. The molecule has 2 heterocycles. The first kappa shape index (κ1) is 18.3. The van der Waals surface area contributed by atoms with Crippen molar-refractivity contribution in [1.82, 2.24) is 9.80 Å². The zero-order valence-corrected chi connectivity index (χ0v) is 16.0. The molecule has 0 radical (unpaired) electrons. The Labute approximate surface area is 164 Å². The van der Waals surface area contributed by atoms with E-state index >= 15 is 0 Å². The fourth-order valence-corrected chi connectivity index (χ4v) is 3.60. The van der Waals surface area contributed by atoms with Crippen molar-refractivity contribution in [3.05, 3.63) is 59.2 Å². The number of carbonyl (C=O) groups is 2. The second-order valence-electron chi connectivity index (χ2n) is 7.25. The summed E-state index contributed by atoms with van der Waals surface area (Å²) in [4.78, 5) is 28.1. The minimum Gasteiger partial charge on any atom is -0.486 e. The maximum absolute atomic E-state index is 12.8. The van der Waals surface area contributed by atoms with Crippen LogP contribution in [-0.4, -0.2) is 48.4 Å². The highest BCUT2D eigenvalue weighted by Gasteiger charge is 2.20. The Morgan fingerprint density at radius 1 is 1.04 bits per heavy atom. The van der Waals surface area contributed by atoms with Crippen molar-refractivity contribution in [3.63, 3.8) is 0 Å². The molecule has 1 saturated heterocycles. The van der Waals surface area contributed by atoms with Crippen molar-refractivity contribution in [2.45, 2.75) is 25.9 Å². The molecule has 0 spiro atoms. The van der Waals surface area contributed by atoms with Crippen LogP contribution < -0.4 is 9.47 Å². The van der Waals surface area contributed by atoms with Gasteiger partial charge in [0.15, 0.2) is 11.5 Å². The molecule has 6 heteroatoms. The van der Waals surface area contributed by atoms with Crippen LogP contribution in [0.5, 0.6) is 11.5 Å². The summed E-state index contributed by atoms with van der Waals surface area (Å²) in [5.41, 5.74) is 2.67. The van der Waals surface area contributed by atoms with Gasteiger partial charge in [0.05, 0.1) is 0 Å². The van der Waals surface area contributed by atoms with Gasteiger partial charge in [0.25, 0.3) is 5.91 Å². The summed E-state index contributed by atoms with van der Waals surface area (Å²) in [6.07, 6.45) is 1.57. The van der Waals surface area contributed by atoms with Crippen molar-refractivity contribution in [2.75, 3.05) is 26.8 Å². The van der Waals surface area contributed by atoms with Gasteiger partial charge < -0.3 is 19.3 Å². The maximum atomic E-state index is 12.8. The molecule has 2 amide bonds. The molecule has 4 rings (SSSR count). The Balaban J connectivity index is 1.38. The number of amides is 2. The first-order valence-corrected chi connectivity index (χ1v) is 9.61. The molecule has 0 unspecified atom stereocenters. The number of ether oxygens (including phenoxy) is 2. The predicted molar refractivity (Wildman–Crippen MR) is 104 cm³/mol. The van der Waals surface area contributed by atoms with Gasteiger partial charge in [0, 0.05) is 38.7 Å². The topological polar surface area (TPSA) is 59.1 Å². The minimum absolute atomic E-state index is 0.0429. The van der Waals surface area contributed by atoms with Gasteiger partial charge in [-0.25, -0.2) is 0 Å². The summed E-state index contributed by atoms with van der Waals surface area (Å²) in [6, 6.07) is 13.3. The fourth-order valence-electron chi connectivity index (χ4n) is 3.60. The molecular formula is C22H24N2O4. The molecule has 2 aliphatic heterocycles. The molecule has 0 aliphatic carbocycles. The molecule has 6 nitrogen and oxygen atoms in total. The number of rotatable bonds is 5. The Morgan fingerprint density at radius 2 is 1.75 bits per heavy atom. The predicted octanol–water partition coefficient (Wildman–Crippen LogP) is 2.85. The molecule has 2 aromatic carbocycles. The standard InChI is InChI=1S/C22H24N2O4/c1-23(14-17-6-9-19-20(13-17)28-12-11-27-19)22(26)18-7-4-16(5-8-18)15-24-10-2-3-21(24)25/h4-9,13H,2-3,10-12,14-15H2,1H3. The fraction of sp³-hybridized carbons (Fsp3) is 0.364. The molecule has 0 N–H and O–H groups in total. The summed E-state index contributed by atoms with van der Waals surface area (Å²) in [5.74, 6) is 1.64. The molecule has 146 valence electrons. The van der Waals surface area contributed by atoms with E-state index in [4.69, 9.17) is 9.47 Å². The van der Waals surface area contributed by atoms with Crippen LogP contribution in [0.4, 0.5) is 0 Å². The van der Waals surface area contributed by atoms with Crippen molar-refractivity contribution < 1.29 is 19.1 Å². The number of benzene rings is 2. The molecule has 0 aromatic heterocycles. The van der Waals surface area contributed by atoms with Crippen LogP contribution >= 0.6 is 0 Å². The van der Waals surface area contributed by atoms with Crippen molar-refractivity contribution in [2.24, 2.45) is 0 Å². The Morgan fingerprint density at radius 3 is 2.46 bits per heavy atom. The third kappa shape index (κ3) is 3.96. The average molecular weight is 380 g/mol. The van der Waals surface area contributed by atoms with Crippen LogP contribution in [-0.2, 0) is 17.9 Å². The van der Waals surface area contributed by atoms with E-state index in [1.54, 1.807) is 11.9 Å². The number of hydrogen-bond donors (Lipinski definition) is 0. The molecule has 1 fully saturated rings. The lowest BCUT2D eigenvalue weighted by molar-refractivity contribution is -0.128. The highest BCUT2D eigenvalue weighted by atomic mass is 16.6. The van der Waals surface area contributed by atoms with Crippen LogP contribution in [0.25, 0.3) is 0 Å². The van der Waals surface area contributed by atoms with E-state index in [2.05, 4.69) is 0 Å². The van der Waals surface area contributed by atoms with Gasteiger partial charge in [0.1, 0.15) is 13.2 Å². The van der Waals surface area contributed by atoms with E-state index in [9.17, 15) is 9.59 Å². The van der Waals surface area contributed by atoms with E-state index in [1.807, 2.05) is 47.4 Å². The van der Waals surface area contributed by atoms with Crippen molar-refractivity contribution >= 4 is 11.8 Å². The van der Waals surface area contributed by atoms with Crippen LogP contribution in [0.3, 0.4) is 0 Å². The SMILES string of the molecule is CN(Cc1ccc2c(c1)OCCO2)C(=O)c1ccc(CN2CCCC2=O)cc1. The van der Waals surface area contributed by atoms with Gasteiger partial charge in [-0.15, -0.1) is 0 Å². The summed E-state index contributed by atoms with van der Waals surface area (Å²) in [7, 11) is 1.79. The van der Waals surface area contributed by atoms with Crippen LogP contribution in [0, 0.1) is 0 Å². The lowest BCUT2D eigenvalue weighted by Gasteiger charge is -2.21. The Hall–Kier alpha value is -3.02. The molecule has 2 aromatic rings. The lowest BCUT2D eigenvalue weighted by Crippen LogP contribution is -2.26. The number of nitrogens with zero attached hydrogens (tertiary/aromatic N) is 2. The normalized spacial score (nSPS) is 15.6. The van der Waals surface area contributed by atoms with Gasteiger partial charge >= 0.3 is 0 Å². The number of carbonyl (C=O) groups excluding carboxylic acids is 2. The molecule has 0 atom stereocenters. The van der Waals surface area contributed by atoms with E-state index in [-0.39, 0.29) is 11.8 Å². The third-order valence-electron chi connectivity index (χ3n) is 5.12. The summed E-state index contributed by atoms with van der Waals surface area (Å²) < 4.78 is 11.1. The van der Waals surface area contributed by atoms with E-state index in [0.717, 1.165) is 35.6 Å². The summed E-state index contributed by atoms with van der Waals surface area (Å²) in [6.45, 7) is 3.02. The smallest absolute Gasteiger partial charge is 0.253 e. The zero-order chi connectivity index (χ0) is 19.5. The average Bonchev–Trinajstić information content (AvgIpc) is 3.12. The van der Waals surface area contributed by atoms with Gasteiger partial charge in [-0.1, -0.05) is 18.2 Å². The molecular weight excluding hydrogens is 356 g/mol.